The number of benzene rings is 1. The van der Waals surface area contributed by atoms with Crippen LogP contribution in [0.25, 0.3) is 11.4 Å². The summed E-state index contributed by atoms with van der Waals surface area (Å²) in [6, 6.07) is 7.82. The minimum Gasteiger partial charge on any atom is -0.334 e. The first kappa shape index (κ1) is 12.2. The SMILES string of the molecule is Cn1ccnc1-c1ccccc1C(C)(C)SF. The second-order valence-corrected chi connectivity index (χ2v) is 5.67. The molecule has 0 saturated heterocycles. The summed E-state index contributed by atoms with van der Waals surface area (Å²) in [7, 11) is 1.94. The van der Waals surface area contributed by atoms with E-state index >= 15 is 0 Å². The van der Waals surface area contributed by atoms with E-state index in [1.165, 1.54) is 0 Å². The number of nitrogens with zero attached hydrogens (tertiary/aromatic N) is 2. The molecule has 0 amide bonds. The summed E-state index contributed by atoms with van der Waals surface area (Å²) in [5.41, 5.74) is 1.94. The molecule has 2 rings (SSSR count). The Morgan fingerprint density at radius 1 is 1.29 bits per heavy atom. The van der Waals surface area contributed by atoms with Gasteiger partial charge in [-0.25, -0.2) is 4.98 Å². The minimum atomic E-state index is -0.567. The molecule has 0 bridgehead atoms. The number of aromatic nitrogens is 2. The Balaban J connectivity index is 2.60. The van der Waals surface area contributed by atoms with Gasteiger partial charge in [-0.15, -0.1) is 0 Å². The zero-order valence-electron chi connectivity index (χ0n) is 10.1. The first-order chi connectivity index (χ1) is 8.06. The Labute approximate surface area is 105 Å². The molecule has 0 saturated carbocycles. The van der Waals surface area contributed by atoms with Gasteiger partial charge in [-0.05, 0) is 19.4 Å². The molecule has 1 heterocycles. The fraction of sp³-hybridized carbons (Fsp3) is 0.308. The van der Waals surface area contributed by atoms with E-state index in [-0.39, 0.29) is 0 Å². The van der Waals surface area contributed by atoms with Crippen molar-refractivity contribution in [2.45, 2.75) is 18.6 Å². The molecule has 0 aliphatic carbocycles. The first-order valence-corrected chi connectivity index (χ1v) is 6.15. The molecule has 2 aromatic rings. The molecule has 1 aromatic carbocycles. The van der Waals surface area contributed by atoms with Gasteiger partial charge in [0, 0.05) is 25.0 Å². The van der Waals surface area contributed by atoms with Crippen molar-refractivity contribution in [3.63, 3.8) is 0 Å². The van der Waals surface area contributed by atoms with Crippen LogP contribution in [0.3, 0.4) is 0 Å². The molecule has 1 aromatic heterocycles. The Kier molecular flexibility index (Phi) is 3.24. The van der Waals surface area contributed by atoms with Crippen LogP contribution in [0.15, 0.2) is 36.7 Å². The summed E-state index contributed by atoms with van der Waals surface area (Å²) in [5, 5.41) is 0. The van der Waals surface area contributed by atoms with Crippen molar-refractivity contribution in [1.82, 2.24) is 9.55 Å². The molecule has 0 N–H and O–H groups in total. The number of halogens is 1. The number of imidazole rings is 1. The van der Waals surface area contributed by atoms with Gasteiger partial charge in [0.05, 0.1) is 16.9 Å². The lowest BCUT2D eigenvalue weighted by atomic mass is 9.96. The van der Waals surface area contributed by atoms with E-state index in [2.05, 4.69) is 4.98 Å². The van der Waals surface area contributed by atoms with Crippen molar-refractivity contribution in [3.8, 4) is 11.4 Å². The highest BCUT2D eigenvalue weighted by Crippen LogP contribution is 2.40. The summed E-state index contributed by atoms with van der Waals surface area (Å²) in [4.78, 5) is 4.33. The molecule has 0 atom stereocenters. The normalized spacial score (nSPS) is 11.8. The lowest BCUT2D eigenvalue weighted by Crippen LogP contribution is -2.12. The molecule has 0 radical (unpaired) electrons. The van der Waals surface area contributed by atoms with E-state index in [4.69, 9.17) is 0 Å². The van der Waals surface area contributed by atoms with Crippen molar-refractivity contribution < 1.29 is 3.89 Å². The van der Waals surface area contributed by atoms with Crippen LogP contribution in [-0.2, 0) is 11.8 Å². The molecular weight excluding hydrogens is 235 g/mol. The van der Waals surface area contributed by atoms with E-state index < -0.39 is 4.75 Å². The van der Waals surface area contributed by atoms with E-state index in [1.54, 1.807) is 6.20 Å². The van der Waals surface area contributed by atoms with Crippen molar-refractivity contribution in [3.05, 3.63) is 42.2 Å². The fourth-order valence-corrected chi connectivity index (χ4v) is 2.13. The lowest BCUT2D eigenvalue weighted by Gasteiger charge is -2.22. The summed E-state index contributed by atoms with van der Waals surface area (Å²) >= 11 is 0.360. The number of hydrogen-bond donors (Lipinski definition) is 0. The van der Waals surface area contributed by atoms with Crippen LogP contribution < -0.4 is 0 Å². The molecule has 0 unspecified atom stereocenters. The molecule has 0 aliphatic heterocycles. The molecule has 4 heteroatoms. The molecule has 17 heavy (non-hydrogen) atoms. The topological polar surface area (TPSA) is 17.8 Å². The molecule has 0 aliphatic rings. The monoisotopic (exact) mass is 250 g/mol. The maximum atomic E-state index is 13.1. The lowest BCUT2D eigenvalue weighted by molar-refractivity contribution is 0.741. The highest BCUT2D eigenvalue weighted by molar-refractivity contribution is 7.95. The van der Waals surface area contributed by atoms with Crippen LogP contribution in [0.4, 0.5) is 3.89 Å². The second kappa shape index (κ2) is 4.53. The van der Waals surface area contributed by atoms with E-state index in [1.807, 2.05) is 55.9 Å². The molecule has 90 valence electrons. The minimum absolute atomic E-state index is 0.360. The van der Waals surface area contributed by atoms with Gasteiger partial charge < -0.3 is 4.57 Å². The van der Waals surface area contributed by atoms with Gasteiger partial charge in [-0.2, -0.15) is 3.89 Å². The van der Waals surface area contributed by atoms with Gasteiger partial charge in [0.1, 0.15) is 5.82 Å². The highest BCUT2D eigenvalue weighted by Gasteiger charge is 2.26. The average Bonchev–Trinajstić information content (AvgIpc) is 2.75. The maximum absolute atomic E-state index is 13.1. The van der Waals surface area contributed by atoms with E-state index in [0.717, 1.165) is 17.0 Å². The number of rotatable bonds is 3. The van der Waals surface area contributed by atoms with Gasteiger partial charge in [0.15, 0.2) is 0 Å². The number of aryl methyl sites for hydroxylation is 1. The average molecular weight is 250 g/mol. The third-order valence-electron chi connectivity index (χ3n) is 2.83. The van der Waals surface area contributed by atoms with Crippen molar-refractivity contribution >= 4 is 12.1 Å². The fourth-order valence-electron chi connectivity index (χ4n) is 1.87. The van der Waals surface area contributed by atoms with Gasteiger partial charge in [0.25, 0.3) is 0 Å². The van der Waals surface area contributed by atoms with Crippen molar-refractivity contribution in [2.24, 2.45) is 7.05 Å². The second-order valence-electron chi connectivity index (χ2n) is 4.49. The van der Waals surface area contributed by atoms with Crippen LogP contribution >= 0.6 is 12.1 Å². The zero-order valence-corrected chi connectivity index (χ0v) is 11.0. The molecule has 2 nitrogen and oxygen atoms in total. The van der Waals surface area contributed by atoms with E-state index in [9.17, 15) is 3.89 Å². The summed E-state index contributed by atoms with van der Waals surface area (Å²) in [6.07, 6.45) is 3.64. The van der Waals surface area contributed by atoms with Crippen LogP contribution in [0.1, 0.15) is 19.4 Å². The predicted octanol–water partition coefficient (Wildman–Crippen LogP) is 3.94. The smallest absolute Gasteiger partial charge is 0.139 e. The Hall–Kier alpha value is -1.29. The van der Waals surface area contributed by atoms with Gasteiger partial charge in [-0.3, -0.25) is 0 Å². The standard InChI is InChI=1S/C13H15FN2S/c1-13(2,17-14)11-7-5-4-6-10(11)12-15-8-9-16(12)3/h4-9H,1-3H3. The highest BCUT2D eigenvalue weighted by atomic mass is 32.2. The Morgan fingerprint density at radius 2 is 2.00 bits per heavy atom. The van der Waals surface area contributed by atoms with Gasteiger partial charge >= 0.3 is 0 Å². The summed E-state index contributed by atoms with van der Waals surface area (Å²) in [5.74, 6) is 0.864. The van der Waals surface area contributed by atoms with Crippen molar-refractivity contribution in [1.29, 1.82) is 0 Å². The van der Waals surface area contributed by atoms with Gasteiger partial charge in [-0.1, -0.05) is 24.3 Å². The summed E-state index contributed by atoms with van der Waals surface area (Å²) < 4.78 is 14.4. The van der Waals surface area contributed by atoms with E-state index in [0.29, 0.717) is 12.1 Å². The Morgan fingerprint density at radius 3 is 2.59 bits per heavy atom. The maximum Gasteiger partial charge on any atom is 0.139 e. The Bertz CT molecular complexity index is 520. The summed E-state index contributed by atoms with van der Waals surface area (Å²) in [6.45, 7) is 3.75. The predicted molar refractivity (Wildman–Crippen MR) is 70.4 cm³/mol. The van der Waals surface area contributed by atoms with Gasteiger partial charge in [0.2, 0.25) is 0 Å². The zero-order chi connectivity index (χ0) is 12.5. The molecule has 0 spiro atoms. The van der Waals surface area contributed by atoms with Crippen LogP contribution in [-0.4, -0.2) is 9.55 Å². The molecular formula is C13H15FN2S. The van der Waals surface area contributed by atoms with Crippen LogP contribution in [0.5, 0.6) is 0 Å². The number of hydrogen-bond acceptors (Lipinski definition) is 2. The first-order valence-electron chi connectivity index (χ1n) is 5.43. The third-order valence-corrected chi connectivity index (χ3v) is 3.44. The van der Waals surface area contributed by atoms with Crippen molar-refractivity contribution in [2.75, 3.05) is 0 Å². The molecule has 0 fully saturated rings. The largest absolute Gasteiger partial charge is 0.334 e. The van der Waals surface area contributed by atoms with Crippen LogP contribution in [0.2, 0.25) is 0 Å². The van der Waals surface area contributed by atoms with Crippen LogP contribution in [0, 0.1) is 0 Å². The quantitative estimate of drug-likeness (QED) is 0.821. The third kappa shape index (κ3) is 2.22.